The molecule has 0 amide bonds. The van der Waals surface area contributed by atoms with Crippen LogP contribution >= 0.6 is 0 Å². The van der Waals surface area contributed by atoms with Crippen LogP contribution in [-0.2, 0) is 9.47 Å². The number of rotatable bonds is 3. The summed E-state index contributed by atoms with van der Waals surface area (Å²) in [5.41, 5.74) is 1.05. The second-order valence-electron chi connectivity index (χ2n) is 4.36. The van der Waals surface area contributed by atoms with Gasteiger partial charge in [-0.05, 0) is 13.3 Å². The van der Waals surface area contributed by atoms with Crippen molar-refractivity contribution in [3.63, 3.8) is 0 Å². The summed E-state index contributed by atoms with van der Waals surface area (Å²) >= 11 is 0. The lowest BCUT2D eigenvalue weighted by molar-refractivity contribution is -0.208. The van der Waals surface area contributed by atoms with Crippen molar-refractivity contribution in [2.24, 2.45) is 5.92 Å². The van der Waals surface area contributed by atoms with Gasteiger partial charge >= 0.3 is 0 Å². The van der Waals surface area contributed by atoms with Crippen molar-refractivity contribution in [2.75, 3.05) is 13.2 Å². The van der Waals surface area contributed by atoms with Crippen LogP contribution in [-0.4, -0.2) is 24.4 Å². The molecule has 1 aromatic carbocycles. The fourth-order valence-electron chi connectivity index (χ4n) is 1.96. The molecule has 1 saturated heterocycles. The minimum atomic E-state index is -0.287. The summed E-state index contributed by atoms with van der Waals surface area (Å²) in [6, 6.07) is 9.93. The molecule has 0 bridgehead atoms. The van der Waals surface area contributed by atoms with Crippen LogP contribution in [0.1, 0.15) is 25.2 Å². The standard InChI is InChI=1S/C13H18O3/c1-10(14)7-11-8-15-13(16-9-11)12-5-3-2-4-6-12/h2-6,10-11,13-14H,7-9H2,1H3. The monoisotopic (exact) mass is 222 g/mol. The Morgan fingerprint density at radius 3 is 2.44 bits per heavy atom. The molecule has 0 aliphatic carbocycles. The van der Waals surface area contributed by atoms with Crippen LogP contribution < -0.4 is 0 Å². The van der Waals surface area contributed by atoms with Crippen LogP contribution in [0.15, 0.2) is 30.3 Å². The highest BCUT2D eigenvalue weighted by atomic mass is 16.7. The van der Waals surface area contributed by atoms with Crippen molar-refractivity contribution in [3.05, 3.63) is 35.9 Å². The van der Waals surface area contributed by atoms with Gasteiger partial charge in [-0.15, -0.1) is 0 Å². The van der Waals surface area contributed by atoms with E-state index in [1.807, 2.05) is 30.3 Å². The molecule has 1 fully saturated rings. The van der Waals surface area contributed by atoms with Crippen LogP contribution in [0.25, 0.3) is 0 Å². The molecule has 1 aromatic rings. The second-order valence-corrected chi connectivity index (χ2v) is 4.36. The third-order valence-electron chi connectivity index (χ3n) is 2.71. The van der Waals surface area contributed by atoms with Gasteiger partial charge in [-0.2, -0.15) is 0 Å². The van der Waals surface area contributed by atoms with Crippen LogP contribution in [0, 0.1) is 5.92 Å². The molecule has 16 heavy (non-hydrogen) atoms. The highest BCUT2D eigenvalue weighted by Crippen LogP contribution is 2.26. The number of aliphatic hydroxyl groups excluding tert-OH is 1. The third-order valence-corrected chi connectivity index (χ3v) is 2.71. The van der Waals surface area contributed by atoms with E-state index >= 15 is 0 Å². The van der Waals surface area contributed by atoms with E-state index in [9.17, 15) is 5.11 Å². The van der Waals surface area contributed by atoms with Gasteiger partial charge in [-0.25, -0.2) is 0 Å². The van der Waals surface area contributed by atoms with Gasteiger partial charge in [0.15, 0.2) is 6.29 Å². The van der Waals surface area contributed by atoms with E-state index in [4.69, 9.17) is 9.47 Å². The number of benzene rings is 1. The molecule has 1 N–H and O–H groups in total. The third kappa shape index (κ3) is 3.04. The van der Waals surface area contributed by atoms with E-state index < -0.39 is 0 Å². The van der Waals surface area contributed by atoms with Crippen molar-refractivity contribution < 1.29 is 14.6 Å². The number of hydrogen-bond acceptors (Lipinski definition) is 3. The summed E-state index contributed by atoms with van der Waals surface area (Å²) in [7, 11) is 0. The van der Waals surface area contributed by atoms with Gasteiger partial charge in [0.2, 0.25) is 0 Å². The first-order valence-electron chi connectivity index (χ1n) is 5.72. The van der Waals surface area contributed by atoms with Crippen molar-refractivity contribution >= 4 is 0 Å². The zero-order chi connectivity index (χ0) is 11.4. The Labute approximate surface area is 96.0 Å². The predicted molar refractivity (Wildman–Crippen MR) is 60.9 cm³/mol. The summed E-state index contributed by atoms with van der Waals surface area (Å²) in [6.07, 6.45) is 0.207. The molecule has 0 aromatic heterocycles. The Balaban J connectivity index is 1.86. The zero-order valence-electron chi connectivity index (χ0n) is 9.50. The van der Waals surface area contributed by atoms with Gasteiger partial charge in [0.05, 0.1) is 19.3 Å². The fraction of sp³-hybridized carbons (Fsp3) is 0.538. The molecular formula is C13H18O3. The summed E-state index contributed by atoms with van der Waals surface area (Å²) in [5.74, 6) is 0.306. The quantitative estimate of drug-likeness (QED) is 0.851. The van der Waals surface area contributed by atoms with E-state index in [1.54, 1.807) is 6.92 Å². The van der Waals surface area contributed by atoms with Gasteiger partial charge in [0, 0.05) is 11.5 Å². The lowest BCUT2D eigenvalue weighted by atomic mass is 10.0. The summed E-state index contributed by atoms with van der Waals surface area (Å²) in [4.78, 5) is 0. The molecule has 1 aliphatic rings. The summed E-state index contributed by atoms with van der Waals surface area (Å²) in [5, 5.41) is 9.28. The van der Waals surface area contributed by atoms with E-state index in [1.165, 1.54) is 0 Å². The maximum absolute atomic E-state index is 9.28. The highest BCUT2D eigenvalue weighted by Gasteiger charge is 2.24. The molecule has 1 unspecified atom stereocenters. The maximum atomic E-state index is 9.28. The molecule has 0 saturated carbocycles. The number of ether oxygens (including phenoxy) is 2. The van der Waals surface area contributed by atoms with E-state index in [0.717, 1.165) is 12.0 Å². The largest absolute Gasteiger partial charge is 0.393 e. The predicted octanol–water partition coefficient (Wildman–Crippen LogP) is 2.12. The Kier molecular flexibility index (Phi) is 3.93. The first-order valence-corrected chi connectivity index (χ1v) is 5.72. The minimum Gasteiger partial charge on any atom is -0.393 e. The molecule has 1 atom stereocenters. The Morgan fingerprint density at radius 1 is 1.25 bits per heavy atom. The summed E-state index contributed by atoms with van der Waals surface area (Å²) < 4.78 is 11.3. The van der Waals surface area contributed by atoms with Crippen LogP contribution in [0.2, 0.25) is 0 Å². The van der Waals surface area contributed by atoms with Gasteiger partial charge in [-0.3, -0.25) is 0 Å². The van der Waals surface area contributed by atoms with Gasteiger partial charge in [0.25, 0.3) is 0 Å². The zero-order valence-corrected chi connectivity index (χ0v) is 9.50. The topological polar surface area (TPSA) is 38.7 Å². The Morgan fingerprint density at radius 2 is 1.88 bits per heavy atom. The Bertz CT molecular complexity index is 302. The van der Waals surface area contributed by atoms with Crippen molar-refractivity contribution in [1.82, 2.24) is 0 Å². The van der Waals surface area contributed by atoms with E-state index in [2.05, 4.69) is 0 Å². The average molecular weight is 222 g/mol. The lowest BCUT2D eigenvalue weighted by Gasteiger charge is -2.30. The molecule has 2 rings (SSSR count). The molecule has 3 heteroatoms. The van der Waals surface area contributed by atoms with Crippen molar-refractivity contribution in [2.45, 2.75) is 25.7 Å². The molecule has 1 aliphatic heterocycles. The first kappa shape index (κ1) is 11.6. The van der Waals surface area contributed by atoms with E-state index in [-0.39, 0.29) is 12.4 Å². The highest BCUT2D eigenvalue weighted by molar-refractivity contribution is 5.16. The molecular weight excluding hydrogens is 204 g/mol. The maximum Gasteiger partial charge on any atom is 0.183 e. The minimum absolute atomic E-state index is 0.244. The average Bonchev–Trinajstić information content (AvgIpc) is 2.30. The van der Waals surface area contributed by atoms with Gasteiger partial charge in [-0.1, -0.05) is 30.3 Å². The van der Waals surface area contributed by atoms with Crippen molar-refractivity contribution in [3.8, 4) is 0 Å². The van der Waals surface area contributed by atoms with Crippen LogP contribution in [0.3, 0.4) is 0 Å². The lowest BCUT2D eigenvalue weighted by Crippen LogP contribution is -2.29. The molecule has 0 spiro atoms. The number of aliphatic hydroxyl groups is 1. The second kappa shape index (κ2) is 5.43. The molecule has 0 radical (unpaired) electrons. The number of hydrogen-bond donors (Lipinski definition) is 1. The van der Waals surface area contributed by atoms with E-state index in [0.29, 0.717) is 19.1 Å². The van der Waals surface area contributed by atoms with Crippen LogP contribution in [0.4, 0.5) is 0 Å². The van der Waals surface area contributed by atoms with Gasteiger partial charge < -0.3 is 14.6 Å². The molecule has 1 heterocycles. The fourth-order valence-corrected chi connectivity index (χ4v) is 1.96. The SMILES string of the molecule is CC(O)CC1COC(c2ccccc2)OC1. The summed E-state index contributed by atoms with van der Waals surface area (Å²) in [6.45, 7) is 3.11. The normalized spacial score (nSPS) is 27.6. The Hall–Kier alpha value is -0.900. The molecule has 3 nitrogen and oxygen atoms in total. The van der Waals surface area contributed by atoms with Crippen LogP contribution in [0.5, 0.6) is 0 Å². The smallest absolute Gasteiger partial charge is 0.183 e. The van der Waals surface area contributed by atoms with Gasteiger partial charge in [0.1, 0.15) is 0 Å². The first-order chi connectivity index (χ1) is 7.75. The van der Waals surface area contributed by atoms with Crippen molar-refractivity contribution in [1.29, 1.82) is 0 Å². The molecule has 88 valence electrons.